The average molecular weight is 461 g/mol. The van der Waals surface area contributed by atoms with E-state index in [1.54, 1.807) is 28.4 Å². The molecule has 1 aliphatic carbocycles. The van der Waals surface area contributed by atoms with Crippen LogP contribution in [-0.2, 0) is 16.0 Å². The van der Waals surface area contributed by atoms with Gasteiger partial charge in [-0.3, -0.25) is 9.59 Å². The molecule has 31 heavy (non-hydrogen) atoms. The van der Waals surface area contributed by atoms with Crippen molar-refractivity contribution in [1.29, 1.82) is 0 Å². The summed E-state index contributed by atoms with van der Waals surface area (Å²) in [4.78, 5) is 31.3. The Labute approximate surface area is 192 Å². The molecular weight excluding hydrogens is 432 g/mol. The topological polar surface area (TPSA) is 49.9 Å². The van der Waals surface area contributed by atoms with Crippen molar-refractivity contribution in [1.82, 2.24) is 9.80 Å². The van der Waals surface area contributed by atoms with Crippen molar-refractivity contribution in [3.8, 4) is 5.75 Å². The summed E-state index contributed by atoms with van der Waals surface area (Å²) in [6.45, 7) is 7.09. The molecule has 1 aromatic heterocycles. The van der Waals surface area contributed by atoms with Crippen molar-refractivity contribution in [3.05, 3.63) is 51.2 Å². The predicted molar refractivity (Wildman–Crippen MR) is 124 cm³/mol. The molecule has 1 aromatic carbocycles. The van der Waals surface area contributed by atoms with Crippen molar-refractivity contribution < 1.29 is 14.3 Å². The molecule has 2 amide bonds. The van der Waals surface area contributed by atoms with E-state index in [1.807, 2.05) is 37.8 Å². The summed E-state index contributed by atoms with van der Waals surface area (Å²) in [5, 5.41) is 2.73. The van der Waals surface area contributed by atoms with E-state index in [0.29, 0.717) is 18.2 Å². The first-order valence-electron chi connectivity index (χ1n) is 10.8. The minimum atomic E-state index is -0.395. The minimum absolute atomic E-state index is 0.0227. The van der Waals surface area contributed by atoms with Crippen molar-refractivity contribution in [2.45, 2.75) is 51.6 Å². The first-order chi connectivity index (χ1) is 14.7. The Morgan fingerprint density at radius 3 is 2.55 bits per heavy atom. The van der Waals surface area contributed by atoms with E-state index in [2.05, 4.69) is 11.4 Å². The van der Waals surface area contributed by atoms with Crippen molar-refractivity contribution >= 4 is 34.8 Å². The van der Waals surface area contributed by atoms with E-state index in [4.69, 9.17) is 16.3 Å². The molecule has 1 unspecified atom stereocenters. The van der Waals surface area contributed by atoms with Gasteiger partial charge in [0.25, 0.3) is 0 Å². The Hall–Kier alpha value is -2.05. The van der Waals surface area contributed by atoms with Gasteiger partial charge in [0.15, 0.2) is 0 Å². The number of carbonyl (C=O) groups excluding carboxylic acids is 2. The van der Waals surface area contributed by atoms with Gasteiger partial charge in [-0.25, -0.2) is 0 Å². The lowest BCUT2D eigenvalue weighted by Gasteiger charge is -2.40. The minimum Gasteiger partial charge on any atom is -0.491 e. The number of halogens is 1. The molecule has 7 heteroatoms. The first kappa shape index (κ1) is 22.2. The van der Waals surface area contributed by atoms with Crippen LogP contribution in [0.4, 0.5) is 0 Å². The second-order valence-electron chi connectivity index (χ2n) is 9.29. The number of carbonyl (C=O) groups is 2. The highest BCUT2D eigenvalue weighted by Crippen LogP contribution is 2.36. The molecule has 2 heterocycles. The van der Waals surface area contributed by atoms with Gasteiger partial charge in [-0.2, -0.15) is 0 Å². The largest absolute Gasteiger partial charge is 0.491 e. The number of rotatable bonds is 6. The molecule has 0 spiro atoms. The van der Waals surface area contributed by atoms with Gasteiger partial charge in [0.1, 0.15) is 18.9 Å². The molecule has 0 saturated heterocycles. The van der Waals surface area contributed by atoms with Crippen LogP contribution in [0.5, 0.6) is 5.75 Å². The summed E-state index contributed by atoms with van der Waals surface area (Å²) in [6.07, 6.45) is 2.69. The van der Waals surface area contributed by atoms with Gasteiger partial charge in [-0.05, 0) is 81.3 Å². The van der Waals surface area contributed by atoms with E-state index in [1.165, 1.54) is 4.88 Å². The Balaban J connectivity index is 1.52. The van der Waals surface area contributed by atoms with Crippen molar-refractivity contribution in [3.63, 3.8) is 0 Å². The van der Waals surface area contributed by atoms with Crippen molar-refractivity contribution in [2.75, 3.05) is 19.7 Å². The zero-order chi connectivity index (χ0) is 22.2. The monoisotopic (exact) mass is 460 g/mol. The van der Waals surface area contributed by atoms with E-state index in [-0.39, 0.29) is 30.3 Å². The van der Waals surface area contributed by atoms with Crippen LogP contribution >= 0.6 is 22.9 Å². The molecule has 0 N–H and O–H groups in total. The second kappa shape index (κ2) is 8.83. The van der Waals surface area contributed by atoms with Crippen LogP contribution in [0, 0.1) is 5.92 Å². The highest BCUT2D eigenvalue weighted by Gasteiger charge is 2.40. The lowest BCUT2D eigenvalue weighted by Crippen LogP contribution is -2.53. The van der Waals surface area contributed by atoms with E-state index in [0.717, 1.165) is 30.6 Å². The molecule has 1 aliphatic heterocycles. The van der Waals surface area contributed by atoms with Gasteiger partial charge in [-0.15, -0.1) is 11.3 Å². The number of nitrogens with zero attached hydrogens (tertiary/aromatic N) is 2. The van der Waals surface area contributed by atoms with Gasteiger partial charge in [0, 0.05) is 27.9 Å². The fourth-order valence-electron chi connectivity index (χ4n) is 4.00. The lowest BCUT2D eigenvalue weighted by atomic mass is 9.99. The molecular formula is C24H29ClN2O3S. The smallest absolute Gasteiger partial charge is 0.242 e. The summed E-state index contributed by atoms with van der Waals surface area (Å²) in [7, 11) is 0. The third kappa shape index (κ3) is 5.07. The van der Waals surface area contributed by atoms with Gasteiger partial charge < -0.3 is 14.5 Å². The fourth-order valence-corrected chi connectivity index (χ4v) is 5.06. The van der Waals surface area contributed by atoms with Crippen LogP contribution in [0.2, 0.25) is 5.02 Å². The van der Waals surface area contributed by atoms with Crippen LogP contribution in [0.1, 0.15) is 50.1 Å². The van der Waals surface area contributed by atoms with Crippen LogP contribution in [0.15, 0.2) is 35.7 Å². The fraction of sp³-hybridized carbons (Fsp3) is 0.500. The normalized spacial score (nSPS) is 18.5. The summed E-state index contributed by atoms with van der Waals surface area (Å²) in [5.74, 6) is 0.883. The van der Waals surface area contributed by atoms with Gasteiger partial charge in [0.2, 0.25) is 11.8 Å². The Morgan fingerprint density at radius 2 is 1.90 bits per heavy atom. The maximum Gasteiger partial charge on any atom is 0.242 e. The predicted octanol–water partition coefficient (Wildman–Crippen LogP) is 4.94. The van der Waals surface area contributed by atoms with Crippen LogP contribution in [0.3, 0.4) is 0 Å². The van der Waals surface area contributed by atoms with E-state index < -0.39 is 5.54 Å². The molecule has 0 bridgehead atoms. The zero-order valence-corrected chi connectivity index (χ0v) is 19.8. The standard InChI is InChI=1S/C24H29ClN2O3S/c1-24(2,3)27(23(29)16-4-5-16)14-22(28)26-12-10-21-19(11-13-31-21)20(26)15-30-18-8-6-17(25)7-9-18/h6-9,11,13,16,20H,4-5,10,12,14-15H2,1-3H3. The number of benzene rings is 1. The van der Waals surface area contributed by atoms with E-state index >= 15 is 0 Å². The Morgan fingerprint density at radius 1 is 1.19 bits per heavy atom. The number of hydrogen-bond acceptors (Lipinski definition) is 4. The SMILES string of the molecule is CC(C)(C)N(CC(=O)N1CCc2sccc2C1COc1ccc(Cl)cc1)C(=O)C1CC1. The molecule has 0 radical (unpaired) electrons. The summed E-state index contributed by atoms with van der Waals surface area (Å²) >= 11 is 7.70. The average Bonchev–Trinajstić information content (AvgIpc) is 3.47. The number of hydrogen-bond donors (Lipinski definition) is 0. The zero-order valence-electron chi connectivity index (χ0n) is 18.3. The van der Waals surface area contributed by atoms with Gasteiger partial charge >= 0.3 is 0 Å². The Kier molecular flexibility index (Phi) is 6.31. The maximum absolute atomic E-state index is 13.5. The van der Waals surface area contributed by atoms with Crippen molar-refractivity contribution in [2.24, 2.45) is 5.92 Å². The molecule has 1 saturated carbocycles. The molecule has 166 valence electrons. The number of amides is 2. The third-order valence-electron chi connectivity index (χ3n) is 5.93. The number of fused-ring (bicyclic) bond motifs is 1. The Bertz CT molecular complexity index is 946. The van der Waals surface area contributed by atoms with Crippen LogP contribution in [0.25, 0.3) is 0 Å². The highest BCUT2D eigenvalue weighted by atomic mass is 35.5. The number of thiophene rings is 1. The summed E-state index contributed by atoms with van der Waals surface area (Å²) in [6, 6.07) is 9.17. The van der Waals surface area contributed by atoms with Gasteiger partial charge in [0.05, 0.1) is 6.04 Å². The highest BCUT2D eigenvalue weighted by molar-refractivity contribution is 7.10. The molecule has 4 rings (SSSR count). The third-order valence-corrected chi connectivity index (χ3v) is 7.18. The molecule has 5 nitrogen and oxygen atoms in total. The number of ether oxygens (including phenoxy) is 1. The van der Waals surface area contributed by atoms with Crippen LogP contribution in [-0.4, -0.2) is 46.8 Å². The second-order valence-corrected chi connectivity index (χ2v) is 10.7. The van der Waals surface area contributed by atoms with Crippen LogP contribution < -0.4 is 4.74 Å². The van der Waals surface area contributed by atoms with E-state index in [9.17, 15) is 9.59 Å². The lowest BCUT2D eigenvalue weighted by molar-refractivity contribution is -0.147. The molecule has 1 atom stereocenters. The molecule has 2 aliphatic rings. The molecule has 1 fully saturated rings. The summed E-state index contributed by atoms with van der Waals surface area (Å²) < 4.78 is 6.05. The van der Waals surface area contributed by atoms with Gasteiger partial charge in [-0.1, -0.05) is 11.6 Å². The maximum atomic E-state index is 13.5. The molecule has 2 aromatic rings. The quantitative estimate of drug-likeness (QED) is 0.613. The summed E-state index contributed by atoms with van der Waals surface area (Å²) in [5.41, 5.74) is 0.753. The first-order valence-corrected chi connectivity index (χ1v) is 12.1.